The summed E-state index contributed by atoms with van der Waals surface area (Å²) >= 11 is 3.33. The highest BCUT2D eigenvalue weighted by molar-refractivity contribution is 9.10. The average molecular weight is 343 g/mol. The number of aliphatic carboxylic acids is 1. The van der Waals surface area contributed by atoms with E-state index in [9.17, 15) is 20.0 Å². The molecular weight excluding hydrogens is 328 g/mol. The lowest BCUT2D eigenvalue weighted by atomic mass is 9.84. The Morgan fingerprint density at radius 3 is 2.75 bits per heavy atom. The van der Waals surface area contributed by atoms with Gasteiger partial charge < -0.3 is 10.0 Å². The second-order valence-corrected chi connectivity index (χ2v) is 5.86. The zero-order valence-corrected chi connectivity index (χ0v) is 12.6. The number of nitro groups is 1. The van der Waals surface area contributed by atoms with Crippen molar-refractivity contribution < 1.29 is 14.8 Å². The van der Waals surface area contributed by atoms with Crippen LogP contribution in [0.2, 0.25) is 0 Å². The van der Waals surface area contributed by atoms with E-state index in [4.69, 9.17) is 0 Å². The summed E-state index contributed by atoms with van der Waals surface area (Å²) in [6.45, 7) is 2.94. The fourth-order valence-electron chi connectivity index (χ4n) is 2.56. The molecule has 0 aliphatic carbocycles. The molecule has 1 N–H and O–H groups in total. The molecule has 1 heterocycles. The molecule has 1 unspecified atom stereocenters. The standard InChI is InChI=1S/C13H15BrN2O4/c1-2-13(12(17)18)5-6-15(8-13)11-4-3-9(16(19)20)7-10(11)14/h3-4,7H,2,5-6,8H2,1H3,(H,17,18). The van der Waals surface area contributed by atoms with Gasteiger partial charge in [0.2, 0.25) is 0 Å². The number of rotatable bonds is 4. The normalized spacial score (nSPS) is 22.0. The van der Waals surface area contributed by atoms with Crippen LogP contribution in [0.1, 0.15) is 19.8 Å². The first-order valence-electron chi connectivity index (χ1n) is 6.32. The summed E-state index contributed by atoms with van der Waals surface area (Å²) in [6, 6.07) is 4.55. The number of anilines is 1. The molecule has 1 atom stereocenters. The highest BCUT2D eigenvalue weighted by Gasteiger charge is 2.43. The Morgan fingerprint density at radius 1 is 1.60 bits per heavy atom. The number of hydrogen-bond donors (Lipinski definition) is 1. The van der Waals surface area contributed by atoms with Crippen molar-refractivity contribution in [1.82, 2.24) is 0 Å². The van der Waals surface area contributed by atoms with Crippen molar-refractivity contribution in [3.63, 3.8) is 0 Å². The van der Waals surface area contributed by atoms with Gasteiger partial charge in [0.1, 0.15) is 0 Å². The maximum Gasteiger partial charge on any atom is 0.311 e. The molecule has 108 valence electrons. The van der Waals surface area contributed by atoms with Gasteiger partial charge in [-0.1, -0.05) is 6.92 Å². The van der Waals surface area contributed by atoms with Gasteiger partial charge in [-0.05, 0) is 34.8 Å². The van der Waals surface area contributed by atoms with Crippen LogP contribution in [0.3, 0.4) is 0 Å². The van der Waals surface area contributed by atoms with Gasteiger partial charge >= 0.3 is 5.97 Å². The van der Waals surface area contributed by atoms with Gasteiger partial charge in [0.05, 0.1) is 16.0 Å². The molecule has 0 saturated carbocycles. The highest BCUT2D eigenvalue weighted by atomic mass is 79.9. The van der Waals surface area contributed by atoms with Gasteiger partial charge in [-0.25, -0.2) is 0 Å². The first-order valence-corrected chi connectivity index (χ1v) is 7.11. The van der Waals surface area contributed by atoms with Gasteiger partial charge in [0.25, 0.3) is 5.69 Å². The fraction of sp³-hybridized carbons (Fsp3) is 0.462. The van der Waals surface area contributed by atoms with Crippen molar-refractivity contribution in [2.24, 2.45) is 5.41 Å². The van der Waals surface area contributed by atoms with E-state index in [1.807, 2.05) is 11.8 Å². The molecule has 0 spiro atoms. The monoisotopic (exact) mass is 342 g/mol. The minimum absolute atomic E-state index is 0.0137. The maximum absolute atomic E-state index is 11.4. The number of benzene rings is 1. The molecule has 0 radical (unpaired) electrons. The Kier molecular flexibility index (Phi) is 3.99. The summed E-state index contributed by atoms with van der Waals surface area (Å²) in [4.78, 5) is 23.7. The summed E-state index contributed by atoms with van der Waals surface area (Å²) in [5, 5.41) is 20.1. The van der Waals surface area contributed by atoms with Crippen LogP contribution in [0, 0.1) is 15.5 Å². The van der Waals surface area contributed by atoms with Gasteiger partial charge in [-0.3, -0.25) is 14.9 Å². The topological polar surface area (TPSA) is 83.7 Å². The molecule has 1 saturated heterocycles. The van der Waals surface area contributed by atoms with E-state index in [0.717, 1.165) is 5.69 Å². The van der Waals surface area contributed by atoms with Crippen LogP contribution in [0.5, 0.6) is 0 Å². The summed E-state index contributed by atoms with van der Waals surface area (Å²) in [5.74, 6) is -0.777. The van der Waals surface area contributed by atoms with Gasteiger partial charge in [0, 0.05) is 29.7 Å². The van der Waals surface area contributed by atoms with Crippen LogP contribution >= 0.6 is 15.9 Å². The largest absolute Gasteiger partial charge is 0.481 e. The Hall–Kier alpha value is -1.63. The Balaban J connectivity index is 2.26. The van der Waals surface area contributed by atoms with Crippen LogP contribution in [-0.2, 0) is 4.79 Å². The van der Waals surface area contributed by atoms with Crippen LogP contribution in [0.25, 0.3) is 0 Å². The summed E-state index contributed by atoms with van der Waals surface area (Å²) in [5.41, 5.74) is 0.0910. The van der Waals surface area contributed by atoms with Crippen molar-refractivity contribution in [3.8, 4) is 0 Å². The van der Waals surface area contributed by atoms with E-state index < -0.39 is 16.3 Å². The maximum atomic E-state index is 11.4. The molecule has 20 heavy (non-hydrogen) atoms. The highest BCUT2D eigenvalue weighted by Crippen LogP contribution is 2.39. The molecule has 0 aromatic heterocycles. The van der Waals surface area contributed by atoms with Crippen molar-refractivity contribution >= 4 is 33.3 Å². The molecule has 0 amide bonds. The second kappa shape index (κ2) is 5.40. The quantitative estimate of drug-likeness (QED) is 0.671. The molecule has 2 rings (SSSR count). The first kappa shape index (κ1) is 14.8. The summed E-state index contributed by atoms with van der Waals surface area (Å²) < 4.78 is 0.615. The number of carbonyl (C=O) groups is 1. The van der Waals surface area contributed by atoms with E-state index in [1.165, 1.54) is 12.1 Å². The molecular formula is C13H15BrN2O4. The van der Waals surface area contributed by atoms with Crippen molar-refractivity contribution in [2.75, 3.05) is 18.0 Å². The van der Waals surface area contributed by atoms with E-state index >= 15 is 0 Å². The number of nitro benzene ring substituents is 1. The van der Waals surface area contributed by atoms with E-state index in [0.29, 0.717) is 30.4 Å². The number of non-ortho nitro benzene ring substituents is 1. The van der Waals surface area contributed by atoms with E-state index in [-0.39, 0.29) is 5.69 Å². The molecule has 0 bridgehead atoms. The number of carboxylic acid groups (broad SMARTS) is 1. The third-order valence-corrected chi connectivity index (χ3v) is 4.60. The zero-order valence-electron chi connectivity index (χ0n) is 11.0. The van der Waals surface area contributed by atoms with Gasteiger partial charge in [0.15, 0.2) is 0 Å². The third-order valence-electron chi connectivity index (χ3n) is 3.97. The van der Waals surface area contributed by atoms with Gasteiger partial charge in [-0.2, -0.15) is 0 Å². The van der Waals surface area contributed by atoms with Crippen molar-refractivity contribution in [1.29, 1.82) is 0 Å². The molecule has 6 nitrogen and oxygen atoms in total. The smallest absolute Gasteiger partial charge is 0.311 e. The van der Waals surface area contributed by atoms with E-state index in [1.54, 1.807) is 6.07 Å². The zero-order chi connectivity index (χ0) is 14.9. The molecule has 1 fully saturated rings. The van der Waals surface area contributed by atoms with Crippen LogP contribution in [0.4, 0.5) is 11.4 Å². The average Bonchev–Trinajstić information content (AvgIpc) is 2.84. The predicted octanol–water partition coefficient (Wildman–Crippen LogP) is 3.05. The SMILES string of the molecule is CCC1(C(=O)O)CCN(c2ccc([N+](=O)[O-])cc2Br)C1. The number of halogens is 1. The predicted molar refractivity (Wildman–Crippen MR) is 78.0 cm³/mol. The number of nitrogens with zero attached hydrogens (tertiary/aromatic N) is 2. The Morgan fingerprint density at radius 2 is 2.30 bits per heavy atom. The lowest BCUT2D eigenvalue weighted by Crippen LogP contribution is -2.34. The number of hydrogen-bond acceptors (Lipinski definition) is 4. The second-order valence-electron chi connectivity index (χ2n) is 5.00. The lowest BCUT2D eigenvalue weighted by Gasteiger charge is -2.24. The van der Waals surface area contributed by atoms with Gasteiger partial charge in [-0.15, -0.1) is 0 Å². The molecule has 1 aromatic rings. The minimum Gasteiger partial charge on any atom is -0.481 e. The number of carboxylic acids is 1. The first-order chi connectivity index (χ1) is 9.39. The van der Waals surface area contributed by atoms with Crippen molar-refractivity contribution in [3.05, 3.63) is 32.8 Å². The van der Waals surface area contributed by atoms with Crippen LogP contribution in [-0.4, -0.2) is 29.1 Å². The molecule has 1 aliphatic heterocycles. The summed E-state index contributed by atoms with van der Waals surface area (Å²) in [6.07, 6.45) is 1.16. The minimum atomic E-state index is -0.777. The third kappa shape index (κ3) is 2.49. The Labute approximate surface area is 124 Å². The lowest BCUT2D eigenvalue weighted by molar-refractivity contribution is -0.384. The Bertz CT molecular complexity index is 563. The molecule has 1 aromatic carbocycles. The van der Waals surface area contributed by atoms with Crippen LogP contribution in [0.15, 0.2) is 22.7 Å². The molecule has 7 heteroatoms. The van der Waals surface area contributed by atoms with Crippen molar-refractivity contribution in [2.45, 2.75) is 19.8 Å². The van der Waals surface area contributed by atoms with E-state index in [2.05, 4.69) is 15.9 Å². The molecule has 1 aliphatic rings. The summed E-state index contributed by atoms with van der Waals surface area (Å²) in [7, 11) is 0. The fourth-order valence-corrected chi connectivity index (χ4v) is 3.18. The van der Waals surface area contributed by atoms with Crippen LogP contribution < -0.4 is 4.90 Å².